The van der Waals surface area contributed by atoms with E-state index in [9.17, 15) is 4.79 Å². The van der Waals surface area contributed by atoms with E-state index in [-0.39, 0.29) is 36.3 Å². The van der Waals surface area contributed by atoms with Gasteiger partial charge in [-0.2, -0.15) is 11.8 Å². The average Bonchev–Trinajstić information content (AvgIpc) is 3.12. The lowest BCUT2D eigenvalue weighted by Gasteiger charge is -2.43. The second-order valence-electron chi connectivity index (χ2n) is 7.67. The van der Waals surface area contributed by atoms with Crippen molar-refractivity contribution in [1.82, 2.24) is 15.5 Å². The van der Waals surface area contributed by atoms with Crippen LogP contribution in [-0.2, 0) is 9.53 Å². The third-order valence-electron chi connectivity index (χ3n) is 6.07. The molecule has 154 valence electrons. The molecule has 2 atom stereocenters. The van der Waals surface area contributed by atoms with Crippen LogP contribution in [-0.4, -0.2) is 73.8 Å². The fraction of sp³-hybridized carbons (Fsp3) is 0.944. The first-order chi connectivity index (χ1) is 11.7. The predicted octanol–water partition coefficient (Wildman–Crippen LogP) is 2.18. The minimum atomic E-state index is 0. The Morgan fingerprint density at radius 2 is 2.00 bits per heavy atom. The van der Waals surface area contributed by atoms with Crippen LogP contribution < -0.4 is 10.6 Å². The van der Waals surface area contributed by atoms with Crippen LogP contribution in [0.4, 0.5) is 0 Å². The number of hydrogen-bond acceptors (Lipinski definition) is 5. The highest BCUT2D eigenvalue weighted by Gasteiger charge is 2.40. The number of piperidine rings is 1. The number of amides is 1. The van der Waals surface area contributed by atoms with Crippen molar-refractivity contribution in [3.63, 3.8) is 0 Å². The fourth-order valence-corrected chi connectivity index (χ4v) is 5.82. The van der Waals surface area contributed by atoms with Gasteiger partial charge in [0.2, 0.25) is 5.91 Å². The maximum absolute atomic E-state index is 12.5. The molecule has 2 N–H and O–H groups in total. The predicted molar refractivity (Wildman–Crippen MR) is 114 cm³/mol. The standard InChI is InChI=1S/C18H33N3O2S.2ClH/c1-15(16-2-5-19-6-3-16)12-17(22)20-13-18(4-11-24-14-18)21-7-9-23-10-8-21;;/h15-16,19H,2-14H2,1H3,(H,20,22);2*1H. The summed E-state index contributed by atoms with van der Waals surface area (Å²) in [5.74, 6) is 3.78. The number of rotatable bonds is 6. The Labute approximate surface area is 174 Å². The topological polar surface area (TPSA) is 53.6 Å². The Balaban J connectivity index is 0.00000169. The second kappa shape index (κ2) is 12.0. The molecule has 0 aliphatic carbocycles. The van der Waals surface area contributed by atoms with E-state index in [0.717, 1.165) is 51.7 Å². The van der Waals surface area contributed by atoms with Crippen LogP contribution in [0.5, 0.6) is 0 Å². The quantitative estimate of drug-likeness (QED) is 0.679. The first-order valence-corrected chi connectivity index (χ1v) is 10.7. The van der Waals surface area contributed by atoms with Crippen molar-refractivity contribution in [2.45, 2.75) is 38.1 Å². The number of ether oxygens (including phenoxy) is 1. The monoisotopic (exact) mass is 427 g/mol. The van der Waals surface area contributed by atoms with Gasteiger partial charge in [0.05, 0.1) is 13.2 Å². The maximum Gasteiger partial charge on any atom is 0.220 e. The van der Waals surface area contributed by atoms with E-state index in [1.807, 2.05) is 11.8 Å². The molecule has 1 amide bonds. The lowest BCUT2D eigenvalue weighted by Crippen LogP contribution is -2.59. The number of morpholine rings is 1. The molecule has 2 unspecified atom stereocenters. The average molecular weight is 428 g/mol. The summed E-state index contributed by atoms with van der Waals surface area (Å²) in [5, 5.41) is 6.69. The molecule has 3 saturated heterocycles. The first kappa shape index (κ1) is 24.3. The van der Waals surface area contributed by atoms with E-state index in [4.69, 9.17) is 4.74 Å². The number of thioether (sulfide) groups is 1. The highest BCUT2D eigenvalue weighted by Crippen LogP contribution is 2.33. The van der Waals surface area contributed by atoms with Gasteiger partial charge in [0.15, 0.2) is 0 Å². The zero-order chi connectivity index (χ0) is 16.8. The van der Waals surface area contributed by atoms with Crippen molar-refractivity contribution in [3.05, 3.63) is 0 Å². The van der Waals surface area contributed by atoms with Gasteiger partial charge in [-0.1, -0.05) is 6.92 Å². The normalized spacial score (nSPS) is 28.7. The molecule has 0 bridgehead atoms. The highest BCUT2D eigenvalue weighted by atomic mass is 35.5. The van der Waals surface area contributed by atoms with Crippen molar-refractivity contribution in [3.8, 4) is 0 Å². The van der Waals surface area contributed by atoms with Crippen LogP contribution in [0.2, 0.25) is 0 Å². The fourth-order valence-electron chi connectivity index (χ4n) is 4.34. The molecule has 3 aliphatic rings. The molecule has 0 spiro atoms. The largest absolute Gasteiger partial charge is 0.379 e. The van der Waals surface area contributed by atoms with Crippen molar-refractivity contribution in [1.29, 1.82) is 0 Å². The van der Waals surface area contributed by atoms with Crippen LogP contribution in [0.1, 0.15) is 32.6 Å². The van der Waals surface area contributed by atoms with Gasteiger partial charge in [0.25, 0.3) is 0 Å². The summed E-state index contributed by atoms with van der Waals surface area (Å²) in [7, 11) is 0. The molecule has 0 aromatic heterocycles. The number of halogens is 2. The summed E-state index contributed by atoms with van der Waals surface area (Å²) in [6.07, 6.45) is 4.28. The molecule has 0 radical (unpaired) electrons. The highest BCUT2D eigenvalue weighted by molar-refractivity contribution is 7.99. The molecule has 0 aromatic rings. The minimum Gasteiger partial charge on any atom is -0.379 e. The van der Waals surface area contributed by atoms with Crippen LogP contribution in [0.3, 0.4) is 0 Å². The van der Waals surface area contributed by atoms with Crippen LogP contribution in [0, 0.1) is 11.8 Å². The van der Waals surface area contributed by atoms with E-state index < -0.39 is 0 Å². The van der Waals surface area contributed by atoms with Gasteiger partial charge in [0, 0.05) is 37.3 Å². The van der Waals surface area contributed by atoms with Gasteiger partial charge < -0.3 is 15.4 Å². The smallest absolute Gasteiger partial charge is 0.220 e. The maximum atomic E-state index is 12.5. The third-order valence-corrected chi connectivity index (χ3v) is 7.31. The lowest BCUT2D eigenvalue weighted by molar-refractivity contribution is -0.123. The van der Waals surface area contributed by atoms with Gasteiger partial charge in [-0.25, -0.2) is 0 Å². The Bertz CT molecular complexity index is 413. The molecule has 5 nitrogen and oxygen atoms in total. The van der Waals surface area contributed by atoms with Crippen LogP contribution >= 0.6 is 36.6 Å². The zero-order valence-corrected chi connectivity index (χ0v) is 18.3. The van der Waals surface area contributed by atoms with E-state index in [1.54, 1.807) is 0 Å². The second-order valence-corrected chi connectivity index (χ2v) is 8.78. The van der Waals surface area contributed by atoms with Crippen molar-refractivity contribution in [2.75, 3.05) is 57.4 Å². The molecular formula is C18H35Cl2N3O2S. The molecule has 3 heterocycles. The van der Waals surface area contributed by atoms with Gasteiger partial charge in [-0.3, -0.25) is 9.69 Å². The van der Waals surface area contributed by atoms with E-state index in [2.05, 4.69) is 22.5 Å². The molecular weight excluding hydrogens is 393 g/mol. The Morgan fingerprint density at radius 3 is 2.62 bits per heavy atom. The number of carbonyl (C=O) groups excluding carboxylic acids is 1. The van der Waals surface area contributed by atoms with Crippen molar-refractivity contribution >= 4 is 42.5 Å². The summed E-state index contributed by atoms with van der Waals surface area (Å²) < 4.78 is 5.51. The molecule has 3 fully saturated rings. The molecule has 8 heteroatoms. The molecule has 0 aromatic carbocycles. The zero-order valence-electron chi connectivity index (χ0n) is 15.8. The van der Waals surface area contributed by atoms with Gasteiger partial charge >= 0.3 is 0 Å². The molecule has 3 aliphatic heterocycles. The minimum absolute atomic E-state index is 0. The summed E-state index contributed by atoms with van der Waals surface area (Å²) >= 11 is 2.02. The first-order valence-electron chi connectivity index (χ1n) is 9.58. The molecule has 26 heavy (non-hydrogen) atoms. The summed E-state index contributed by atoms with van der Waals surface area (Å²) in [4.78, 5) is 15.1. The number of hydrogen-bond donors (Lipinski definition) is 2. The van der Waals surface area contributed by atoms with Gasteiger partial charge in [-0.15, -0.1) is 24.8 Å². The van der Waals surface area contributed by atoms with Crippen molar-refractivity contribution in [2.24, 2.45) is 11.8 Å². The number of carbonyl (C=O) groups is 1. The van der Waals surface area contributed by atoms with E-state index in [0.29, 0.717) is 18.3 Å². The summed E-state index contributed by atoms with van der Waals surface area (Å²) in [6, 6.07) is 0. The van der Waals surface area contributed by atoms with Gasteiger partial charge in [-0.05, 0) is 49.9 Å². The number of nitrogens with zero attached hydrogens (tertiary/aromatic N) is 1. The Hall–Kier alpha value is 0.280. The number of nitrogens with one attached hydrogen (secondary N) is 2. The lowest BCUT2D eigenvalue weighted by atomic mass is 9.84. The third kappa shape index (κ3) is 6.42. The molecule has 3 rings (SSSR count). The summed E-state index contributed by atoms with van der Waals surface area (Å²) in [6.45, 7) is 8.92. The van der Waals surface area contributed by atoms with E-state index in [1.165, 1.54) is 25.0 Å². The van der Waals surface area contributed by atoms with Crippen molar-refractivity contribution < 1.29 is 9.53 Å². The van der Waals surface area contributed by atoms with E-state index >= 15 is 0 Å². The Morgan fingerprint density at radius 1 is 1.31 bits per heavy atom. The summed E-state index contributed by atoms with van der Waals surface area (Å²) in [5.41, 5.74) is 0.155. The molecule has 0 saturated carbocycles. The van der Waals surface area contributed by atoms with Crippen LogP contribution in [0.25, 0.3) is 0 Å². The Kier molecular flexibility index (Phi) is 11.2. The van der Waals surface area contributed by atoms with Crippen LogP contribution in [0.15, 0.2) is 0 Å². The SMILES string of the molecule is CC(CC(=O)NCC1(N2CCOCC2)CCSC1)C1CCNCC1.Cl.Cl. The van der Waals surface area contributed by atoms with Gasteiger partial charge in [0.1, 0.15) is 0 Å².